The van der Waals surface area contributed by atoms with Crippen LogP contribution < -0.4 is 21.3 Å². The average molecular weight is 551 g/mol. The SMILES string of the molecule is O=C(Nc1ccnc(Cl)c1)c1cnc2c(NC3CC3)cc(NC3CCC(CC(=O)C4CCNCC4)CC3)nn12. The van der Waals surface area contributed by atoms with Gasteiger partial charge in [0.1, 0.15) is 16.8 Å². The lowest BCUT2D eigenvalue weighted by atomic mass is 9.80. The van der Waals surface area contributed by atoms with Gasteiger partial charge < -0.3 is 21.3 Å². The first-order chi connectivity index (χ1) is 19.0. The molecule has 2 aliphatic carbocycles. The molecule has 4 N–H and O–H groups in total. The predicted octanol–water partition coefficient (Wildman–Crippen LogP) is 4.53. The minimum absolute atomic E-state index is 0.243. The lowest BCUT2D eigenvalue weighted by Crippen LogP contribution is -2.33. The van der Waals surface area contributed by atoms with Crippen LogP contribution in [0.15, 0.2) is 30.6 Å². The quantitative estimate of drug-likeness (QED) is 0.286. The van der Waals surface area contributed by atoms with Gasteiger partial charge in [0.2, 0.25) is 0 Å². The van der Waals surface area contributed by atoms with Crippen molar-refractivity contribution in [2.75, 3.05) is 29.0 Å². The van der Waals surface area contributed by atoms with Crippen LogP contribution in [0.3, 0.4) is 0 Å². The van der Waals surface area contributed by atoms with E-state index in [1.165, 1.54) is 0 Å². The van der Waals surface area contributed by atoms with Gasteiger partial charge in [-0.3, -0.25) is 9.59 Å². The number of anilines is 3. The molecule has 0 bridgehead atoms. The van der Waals surface area contributed by atoms with E-state index in [1.54, 1.807) is 29.0 Å². The first-order valence-electron chi connectivity index (χ1n) is 14.1. The second-order valence-electron chi connectivity index (χ2n) is 11.1. The summed E-state index contributed by atoms with van der Waals surface area (Å²) >= 11 is 5.98. The number of Topliss-reactive ketones (excluding diaryl/α,β-unsaturated/α-hetero) is 1. The zero-order valence-electron chi connectivity index (χ0n) is 22.0. The minimum atomic E-state index is -0.328. The van der Waals surface area contributed by atoms with E-state index < -0.39 is 0 Å². The molecule has 2 saturated carbocycles. The number of fused-ring (bicyclic) bond motifs is 1. The molecule has 0 spiro atoms. The smallest absolute Gasteiger partial charge is 0.276 e. The van der Waals surface area contributed by atoms with E-state index in [-0.39, 0.29) is 17.9 Å². The monoisotopic (exact) mass is 550 g/mol. The van der Waals surface area contributed by atoms with Crippen LogP contribution in [-0.4, -0.2) is 56.4 Å². The lowest BCUT2D eigenvalue weighted by Gasteiger charge is -2.30. The summed E-state index contributed by atoms with van der Waals surface area (Å²) in [5, 5.41) is 18.4. The Labute approximate surface area is 232 Å². The van der Waals surface area contributed by atoms with Crippen molar-refractivity contribution in [2.45, 2.75) is 69.9 Å². The van der Waals surface area contributed by atoms with Crippen LogP contribution in [0.5, 0.6) is 0 Å². The van der Waals surface area contributed by atoms with Gasteiger partial charge in [-0.1, -0.05) is 11.6 Å². The van der Waals surface area contributed by atoms with Crippen molar-refractivity contribution in [3.63, 3.8) is 0 Å². The van der Waals surface area contributed by atoms with Crippen molar-refractivity contribution >= 4 is 46.1 Å². The summed E-state index contributed by atoms with van der Waals surface area (Å²) in [6, 6.07) is 5.97. The van der Waals surface area contributed by atoms with Crippen LogP contribution in [-0.2, 0) is 4.79 Å². The average Bonchev–Trinajstić information content (AvgIpc) is 3.65. The molecule has 39 heavy (non-hydrogen) atoms. The largest absolute Gasteiger partial charge is 0.379 e. The first kappa shape index (κ1) is 26.0. The van der Waals surface area contributed by atoms with Gasteiger partial charge in [0.05, 0.1) is 11.9 Å². The van der Waals surface area contributed by atoms with Gasteiger partial charge in [-0.2, -0.15) is 0 Å². The van der Waals surface area contributed by atoms with Crippen molar-refractivity contribution in [2.24, 2.45) is 11.8 Å². The van der Waals surface area contributed by atoms with E-state index in [1.807, 2.05) is 6.07 Å². The van der Waals surface area contributed by atoms with E-state index in [2.05, 4.69) is 31.2 Å². The van der Waals surface area contributed by atoms with Crippen LogP contribution >= 0.6 is 11.6 Å². The number of rotatable bonds is 9. The van der Waals surface area contributed by atoms with Crippen LogP contribution in [0, 0.1) is 11.8 Å². The summed E-state index contributed by atoms with van der Waals surface area (Å²) in [6.45, 7) is 1.92. The highest BCUT2D eigenvalue weighted by Crippen LogP contribution is 2.32. The van der Waals surface area contributed by atoms with E-state index in [9.17, 15) is 9.59 Å². The summed E-state index contributed by atoms with van der Waals surface area (Å²) in [5.74, 6) is 1.55. The van der Waals surface area contributed by atoms with Crippen molar-refractivity contribution in [1.82, 2.24) is 24.9 Å². The van der Waals surface area contributed by atoms with E-state index in [4.69, 9.17) is 16.7 Å². The number of halogens is 1. The molecule has 0 atom stereocenters. The fraction of sp³-hybridized carbons (Fsp3) is 0.536. The number of pyridine rings is 1. The third kappa shape index (κ3) is 6.33. The Morgan fingerprint density at radius 1 is 0.974 bits per heavy atom. The van der Waals surface area contributed by atoms with Gasteiger partial charge in [-0.25, -0.2) is 14.5 Å². The highest BCUT2D eigenvalue weighted by atomic mass is 35.5. The molecular weight excluding hydrogens is 516 g/mol. The molecule has 6 rings (SSSR count). The van der Waals surface area contributed by atoms with E-state index in [0.29, 0.717) is 52.2 Å². The standard InChI is InChI=1S/C28H35ClN8O2/c29-25-14-21(9-12-31-25)35-28(39)23-16-32-27-22(33-19-5-6-19)15-26(36-37(23)27)34-20-3-1-17(2-4-20)13-24(38)18-7-10-30-11-8-18/h9,12,14-20,30,33H,1-8,10-11,13H2,(H,34,36)(H,31,35,39). The highest BCUT2D eigenvalue weighted by molar-refractivity contribution is 6.29. The van der Waals surface area contributed by atoms with Crippen molar-refractivity contribution in [1.29, 1.82) is 0 Å². The van der Waals surface area contributed by atoms with E-state index in [0.717, 1.165) is 70.1 Å². The van der Waals surface area contributed by atoms with Crippen LogP contribution in [0.4, 0.5) is 17.2 Å². The molecule has 3 aromatic rings. The van der Waals surface area contributed by atoms with Gasteiger partial charge in [-0.05, 0) is 82.5 Å². The van der Waals surface area contributed by atoms with Crippen molar-refractivity contribution in [3.05, 3.63) is 41.4 Å². The summed E-state index contributed by atoms with van der Waals surface area (Å²) in [4.78, 5) is 34.4. The number of nitrogens with zero attached hydrogens (tertiary/aromatic N) is 4. The molecule has 4 heterocycles. The molecule has 0 unspecified atom stereocenters. The van der Waals surface area contributed by atoms with Gasteiger partial charge in [0.15, 0.2) is 11.3 Å². The number of hydrogen-bond donors (Lipinski definition) is 4. The number of piperidine rings is 1. The molecule has 3 aromatic heterocycles. The maximum Gasteiger partial charge on any atom is 0.276 e. The normalized spacial score (nSPS) is 22.0. The molecule has 0 aromatic carbocycles. The number of ketones is 1. The Morgan fingerprint density at radius 3 is 2.46 bits per heavy atom. The molecule has 1 amide bonds. The fourth-order valence-corrected chi connectivity index (χ4v) is 5.91. The Bertz CT molecular complexity index is 1340. The zero-order chi connectivity index (χ0) is 26.8. The van der Waals surface area contributed by atoms with Crippen LogP contribution in [0.25, 0.3) is 5.65 Å². The number of imidazole rings is 1. The summed E-state index contributed by atoms with van der Waals surface area (Å²) in [6.07, 6.45) is 12.1. The van der Waals surface area contributed by atoms with Crippen LogP contribution in [0.2, 0.25) is 5.15 Å². The number of carbonyl (C=O) groups is 2. The minimum Gasteiger partial charge on any atom is -0.379 e. The number of aromatic nitrogens is 4. The zero-order valence-corrected chi connectivity index (χ0v) is 22.7. The maximum atomic E-state index is 13.1. The number of carbonyl (C=O) groups excluding carboxylic acids is 2. The topological polar surface area (TPSA) is 125 Å². The molecular formula is C28H35ClN8O2. The lowest BCUT2D eigenvalue weighted by molar-refractivity contribution is -0.124. The van der Waals surface area contributed by atoms with Gasteiger partial charge in [0.25, 0.3) is 5.91 Å². The van der Waals surface area contributed by atoms with E-state index >= 15 is 0 Å². The Kier molecular flexibility index (Phi) is 7.65. The molecule has 1 aliphatic heterocycles. The highest BCUT2D eigenvalue weighted by Gasteiger charge is 2.28. The second-order valence-corrected chi connectivity index (χ2v) is 11.5. The van der Waals surface area contributed by atoms with Gasteiger partial charge in [-0.15, -0.1) is 5.10 Å². The molecule has 1 saturated heterocycles. The fourth-order valence-electron chi connectivity index (χ4n) is 5.74. The molecule has 11 heteroatoms. The van der Waals surface area contributed by atoms with Crippen molar-refractivity contribution < 1.29 is 9.59 Å². The summed E-state index contributed by atoms with van der Waals surface area (Å²) in [7, 11) is 0. The number of amides is 1. The van der Waals surface area contributed by atoms with Crippen molar-refractivity contribution in [3.8, 4) is 0 Å². The third-order valence-corrected chi connectivity index (χ3v) is 8.31. The molecule has 3 aliphatic rings. The summed E-state index contributed by atoms with van der Waals surface area (Å²) in [5.41, 5.74) is 2.37. The predicted molar refractivity (Wildman–Crippen MR) is 151 cm³/mol. The summed E-state index contributed by atoms with van der Waals surface area (Å²) < 4.78 is 1.61. The molecule has 206 valence electrons. The Balaban J connectivity index is 1.14. The number of nitrogens with one attached hydrogen (secondary N) is 4. The Hall–Kier alpha value is -3.24. The molecule has 0 radical (unpaired) electrons. The first-order valence-corrected chi connectivity index (χ1v) is 14.5. The second kappa shape index (κ2) is 11.5. The molecule has 10 nitrogen and oxygen atoms in total. The third-order valence-electron chi connectivity index (χ3n) is 8.10. The molecule has 3 fully saturated rings. The van der Waals surface area contributed by atoms with Crippen LogP contribution in [0.1, 0.15) is 68.3 Å². The Morgan fingerprint density at radius 2 is 1.72 bits per heavy atom. The maximum absolute atomic E-state index is 13.1. The van der Waals surface area contributed by atoms with Gasteiger partial charge >= 0.3 is 0 Å². The van der Waals surface area contributed by atoms with Gasteiger partial charge in [0, 0.05) is 42.4 Å². The number of hydrogen-bond acceptors (Lipinski definition) is 8.